The van der Waals surface area contributed by atoms with Gasteiger partial charge in [-0.25, -0.2) is 18.1 Å². The standard InChI is InChI=1S/C27H27F3N6O3S/c1-17-7-6-8-18(2)25(17)23-11-24(33-26(32-23)34-40(37,38)21-12-31-35(3)16-21)39-20-14-36(15-20)13-19-9-4-5-10-22(19)27(28,29)30/h4-12,16,20H,13-15H2,1-3H3,(H,32,33,34). The van der Waals surface area contributed by atoms with E-state index in [1.165, 1.54) is 29.2 Å². The Morgan fingerprint density at radius 2 is 1.75 bits per heavy atom. The lowest BCUT2D eigenvalue weighted by Crippen LogP contribution is -2.53. The number of likely N-dealkylation sites (tertiary alicyclic amines) is 1. The minimum atomic E-state index is -4.43. The maximum Gasteiger partial charge on any atom is 0.416 e. The molecule has 13 heteroatoms. The Morgan fingerprint density at radius 3 is 2.40 bits per heavy atom. The van der Waals surface area contributed by atoms with Crippen molar-refractivity contribution < 1.29 is 26.3 Å². The van der Waals surface area contributed by atoms with Crippen LogP contribution in [0.5, 0.6) is 5.88 Å². The summed E-state index contributed by atoms with van der Waals surface area (Å²) in [6.07, 6.45) is -2.20. The molecule has 2 aromatic heterocycles. The van der Waals surface area contributed by atoms with Gasteiger partial charge in [0, 0.05) is 44.5 Å². The van der Waals surface area contributed by atoms with Crippen molar-refractivity contribution in [1.82, 2.24) is 24.6 Å². The van der Waals surface area contributed by atoms with E-state index in [1.54, 1.807) is 19.2 Å². The first-order valence-electron chi connectivity index (χ1n) is 12.4. The topological polar surface area (TPSA) is 102 Å². The third kappa shape index (κ3) is 5.94. The molecule has 1 fully saturated rings. The van der Waals surface area contributed by atoms with Crippen molar-refractivity contribution in [2.45, 2.75) is 37.6 Å². The summed E-state index contributed by atoms with van der Waals surface area (Å²) < 4.78 is 75.8. The summed E-state index contributed by atoms with van der Waals surface area (Å²) in [5, 5.41) is 3.91. The molecule has 5 rings (SSSR count). The predicted octanol–water partition coefficient (Wildman–Crippen LogP) is 4.58. The average molecular weight is 573 g/mol. The molecule has 0 saturated carbocycles. The van der Waals surface area contributed by atoms with E-state index in [-0.39, 0.29) is 34.9 Å². The molecule has 0 atom stereocenters. The van der Waals surface area contributed by atoms with Crippen LogP contribution >= 0.6 is 0 Å². The van der Waals surface area contributed by atoms with E-state index in [4.69, 9.17) is 4.74 Å². The molecule has 1 aliphatic rings. The molecule has 1 saturated heterocycles. The highest BCUT2D eigenvalue weighted by Crippen LogP contribution is 2.34. The number of aromatic nitrogens is 4. The first-order chi connectivity index (χ1) is 18.9. The van der Waals surface area contributed by atoms with E-state index in [2.05, 4.69) is 19.8 Å². The summed E-state index contributed by atoms with van der Waals surface area (Å²) in [6.45, 7) is 4.74. The highest BCUT2D eigenvalue weighted by molar-refractivity contribution is 7.92. The fourth-order valence-corrected chi connectivity index (χ4v) is 5.59. The zero-order valence-electron chi connectivity index (χ0n) is 22.0. The first kappa shape index (κ1) is 27.6. The lowest BCUT2D eigenvalue weighted by Gasteiger charge is -2.39. The molecule has 0 amide bonds. The number of hydrogen-bond donors (Lipinski definition) is 1. The van der Waals surface area contributed by atoms with Crippen molar-refractivity contribution >= 4 is 16.0 Å². The Bertz CT molecular complexity index is 1630. The monoisotopic (exact) mass is 572 g/mol. The number of halogens is 3. The second kappa shape index (κ2) is 10.5. The minimum Gasteiger partial charge on any atom is -0.471 e. The Labute approximate surface area is 229 Å². The van der Waals surface area contributed by atoms with Crippen molar-refractivity contribution in [3.8, 4) is 17.1 Å². The van der Waals surface area contributed by atoms with Crippen LogP contribution in [0.2, 0.25) is 0 Å². The van der Waals surface area contributed by atoms with Gasteiger partial charge in [0.15, 0.2) is 0 Å². The Hall–Kier alpha value is -3.97. The summed E-state index contributed by atoms with van der Waals surface area (Å²) in [5.41, 5.74) is 2.70. The zero-order chi connectivity index (χ0) is 28.7. The fraction of sp³-hybridized carbons (Fsp3) is 0.296. The Balaban J connectivity index is 1.38. The number of benzene rings is 2. The van der Waals surface area contributed by atoms with Gasteiger partial charge in [0.1, 0.15) is 11.0 Å². The number of rotatable bonds is 8. The van der Waals surface area contributed by atoms with Gasteiger partial charge in [-0.05, 0) is 36.6 Å². The third-order valence-electron chi connectivity index (χ3n) is 6.58. The Kier molecular flexibility index (Phi) is 7.27. The first-order valence-corrected chi connectivity index (χ1v) is 13.9. The van der Waals surface area contributed by atoms with E-state index in [9.17, 15) is 21.6 Å². The molecule has 210 valence electrons. The highest BCUT2D eigenvalue weighted by Gasteiger charge is 2.35. The number of aryl methyl sites for hydroxylation is 3. The van der Waals surface area contributed by atoms with Crippen LogP contribution < -0.4 is 9.46 Å². The van der Waals surface area contributed by atoms with Crippen molar-refractivity contribution in [3.05, 3.63) is 83.2 Å². The minimum absolute atomic E-state index is 0.0488. The molecule has 0 aliphatic carbocycles. The maximum absolute atomic E-state index is 13.4. The van der Waals surface area contributed by atoms with Crippen molar-refractivity contribution in [3.63, 3.8) is 0 Å². The summed E-state index contributed by atoms with van der Waals surface area (Å²) in [4.78, 5) is 10.6. The van der Waals surface area contributed by atoms with Gasteiger partial charge in [0.25, 0.3) is 10.0 Å². The van der Waals surface area contributed by atoms with Gasteiger partial charge in [0.2, 0.25) is 11.8 Å². The van der Waals surface area contributed by atoms with E-state index in [0.29, 0.717) is 18.8 Å². The van der Waals surface area contributed by atoms with E-state index in [0.717, 1.165) is 22.8 Å². The number of anilines is 1. The number of sulfonamides is 1. The van der Waals surface area contributed by atoms with Crippen molar-refractivity contribution in [2.75, 3.05) is 17.8 Å². The molecular weight excluding hydrogens is 545 g/mol. The van der Waals surface area contributed by atoms with Gasteiger partial charge < -0.3 is 4.74 Å². The number of ether oxygens (including phenoxy) is 1. The summed E-state index contributed by atoms with van der Waals surface area (Å²) in [6, 6.07) is 12.9. The largest absolute Gasteiger partial charge is 0.471 e. The molecule has 40 heavy (non-hydrogen) atoms. The molecular formula is C27H27F3N6O3S. The van der Waals surface area contributed by atoms with Crippen LogP contribution in [0, 0.1) is 13.8 Å². The summed E-state index contributed by atoms with van der Waals surface area (Å²) in [7, 11) is -2.42. The molecule has 4 aromatic rings. The average Bonchev–Trinajstić information content (AvgIpc) is 3.29. The predicted molar refractivity (Wildman–Crippen MR) is 142 cm³/mol. The number of nitrogens with zero attached hydrogens (tertiary/aromatic N) is 5. The SMILES string of the molecule is Cc1cccc(C)c1-c1cc(OC2CN(Cc3ccccc3C(F)(F)F)C2)nc(NS(=O)(=O)c2cnn(C)c2)n1. The Morgan fingerprint density at radius 1 is 1.05 bits per heavy atom. The maximum atomic E-state index is 13.4. The normalized spacial score (nSPS) is 14.7. The van der Waals surface area contributed by atoms with E-state index >= 15 is 0 Å². The number of alkyl halides is 3. The summed E-state index contributed by atoms with van der Waals surface area (Å²) >= 11 is 0. The van der Waals surface area contributed by atoms with Crippen LogP contribution in [0.4, 0.5) is 19.1 Å². The number of hydrogen-bond acceptors (Lipinski definition) is 7. The van der Waals surface area contributed by atoms with Gasteiger partial charge in [0.05, 0.1) is 17.5 Å². The van der Waals surface area contributed by atoms with Crippen LogP contribution in [-0.2, 0) is 29.8 Å². The van der Waals surface area contributed by atoms with Crippen LogP contribution in [0.25, 0.3) is 11.3 Å². The highest BCUT2D eigenvalue weighted by atomic mass is 32.2. The van der Waals surface area contributed by atoms with E-state index < -0.39 is 21.8 Å². The molecule has 3 heterocycles. The second-order valence-electron chi connectivity index (χ2n) is 9.73. The van der Waals surface area contributed by atoms with Gasteiger partial charge in [-0.3, -0.25) is 9.58 Å². The van der Waals surface area contributed by atoms with Gasteiger partial charge >= 0.3 is 6.18 Å². The third-order valence-corrected chi connectivity index (χ3v) is 7.87. The van der Waals surface area contributed by atoms with E-state index in [1.807, 2.05) is 36.9 Å². The van der Waals surface area contributed by atoms with Crippen LogP contribution in [-0.4, -0.2) is 52.3 Å². The second-order valence-corrected chi connectivity index (χ2v) is 11.4. The lowest BCUT2D eigenvalue weighted by atomic mass is 10.00. The molecule has 0 radical (unpaired) electrons. The van der Waals surface area contributed by atoms with Crippen LogP contribution in [0.1, 0.15) is 22.3 Å². The van der Waals surface area contributed by atoms with Crippen LogP contribution in [0.15, 0.2) is 65.8 Å². The molecule has 1 N–H and O–H groups in total. The smallest absolute Gasteiger partial charge is 0.416 e. The molecule has 1 aliphatic heterocycles. The number of nitrogens with one attached hydrogen (secondary N) is 1. The molecule has 0 spiro atoms. The quantitative estimate of drug-likeness (QED) is 0.330. The van der Waals surface area contributed by atoms with Crippen molar-refractivity contribution in [1.29, 1.82) is 0 Å². The van der Waals surface area contributed by atoms with Gasteiger partial charge in [-0.1, -0.05) is 36.4 Å². The zero-order valence-corrected chi connectivity index (χ0v) is 22.8. The molecule has 0 bridgehead atoms. The van der Waals surface area contributed by atoms with Gasteiger partial charge in [-0.2, -0.15) is 23.3 Å². The summed E-state index contributed by atoms with van der Waals surface area (Å²) in [5.74, 6) is -0.0221. The molecule has 9 nitrogen and oxygen atoms in total. The molecule has 2 aromatic carbocycles. The van der Waals surface area contributed by atoms with Crippen molar-refractivity contribution in [2.24, 2.45) is 7.05 Å². The van der Waals surface area contributed by atoms with Gasteiger partial charge in [-0.15, -0.1) is 0 Å². The molecule has 0 unspecified atom stereocenters. The lowest BCUT2D eigenvalue weighted by molar-refractivity contribution is -0.138. The fourth-order valence-electron chi connectivity index (χ4n) is 4.67. The van der Waals surface area contributed by atoms with Crippen LogP contribution in [0.3, 0.4) is 0 Å².